The van der Waals surface area contributed by atoms with Gasteiger partial charge in [-0.05, 0) is 37.9 Å². The van der Waals surface area contributed by atoms with Gasteiger partial charge in [0.05, 0.1) is 6.54 Å². The quantitative estimate of drug-likeness (QED) is 0.893. The summed E-state index contributed by atoms with van der Waals surface area (Å²) in [6, 6.07) is 3.92. The Morgan fingerprint density at radius 2 is 2.28 bits per heavy atom. The van der Waals surface area contributed by atoms with Crippen LogP contribution in [-0.4, -0.2) is 28.6 Å². The fourth-order valence-corrected chi connectivity index (χ4v) is 2.69. The lowest BCUT2D eigenvalue weighted by Gasteiger charge is -2.28. The van der Waals surface area contributed by atoms with Crippen molar-refractivity contribution >= 4 is 5.97 Å². The Hall–Kier alpha value is -1.29. The number of carboxylic acids is 1. The van der Waals surface area contributed by atoms with Crippen molar-refractivity contribution in [2.45, 2.75) is 51.6 Å². The van der Waals surface area contributed by atoms with Crippen molar-refractivity contribution in [3.8, 4) is 0 Å². The Kier molecular flexibility index (Phi) is 4.42. The SMILES string of the molecule is CCC1CCCCCN1Cc1ccc(C(=O)O)o1. The lowest BCUT2D eigenvalue weighted by atomic mass is 10.1. The first-order valence-corrected chi connectivity index (χ1v) is 6.76. The zero-order valence-electron chi connectivity index (χ0n) is 10.9. The number of likely N-dealkylation sites (tertiary alicyclic amines) is 1. The zero-order chi connectivity index (χ0) is 13.0. The molecule has 1 fully saturated rings. The van der Waals surface area contributed by atoms with Crippen molar-refractivity contribution in [3.63, 3.8) is 0 Å². The number of furan rings is 1. The van der Waals surface area contributed by atoms with Gasteiger partial charge in [0.15, 0.2) is 0 Å². The molecule has 1 aliphatic rings. The maximum atomic E-state index is 10.8. The maximum Gasteiger partial charge on any atom is 0.371 e. The molecule has 0 saturated carbocycles. The van der Waals surface area contributed by atoms with Crippen LogP contribution in [0.15, 0.2) is 16.5 Å². The summed E-state index contributed by atoms with van der Waals surface area (Å²) in [7, 11) is 0. The molecule has 1 aromatic heterocycles. The van der Waals surface area contributed by atoms with E-state index in [-0.39, 0.29) is 5.76 Å². The largest absolute Gasteiger partial charge is 0.475 e. The summed E-state index contributed by atoms with van der Waals surface area (Å²) in [5, 5.41) is 8.84. The highest BCUT2D eigenvalue weighted by Gasteiger charge is 2.21. The maximum absolute atomic E-state index is 10.8. The lowest BCUT2D eigenvalue weighted by molar-refractivity contribution is 0.0657. The van der Waals surface area contributed by atoms with Gasteiger partial charge in [0, 0.05) is 6.04 Å². The van der Waals surface area contributed by atoms with E-state index in [1.54, 1.807) is 6.07 Å². The molecule has 0 amide bonds. The van der Waals surface area contributed by atoms with Crippen LogP contribution in [0.2, 0.25) is 0 Å². The second kappa shape index (κ2) is 6.05. The molecule has 2 heterocycles. The highest BCUT2D eigenvalue weighted by atomic mass is 16.4. The molecule has 1 aliphatic heterocycles. The van der Waals surface area contributed by atoms with Crippen LogP contribution in [0.5, 0.6) is 0 Å². The highest BCUT2D eigenvalue weighted by molar-refractivity contribution is 5.84. The molecule has 1 unspecified atom stereocenters. The number of carboxylic acid groups (broad SMARTS) is 1. The van der Waals surface area contributed by atoms with Gasteiger partial charge in [-0.15, -0.1) is 0 Å². The third-order valence-electron chi connectivity index (χ3n) is 3.70. The van der Waals surface area contributed by atoms with Crippen molar-refractivity contribution in [2.24, 2.45) is 0 Å². The van der Waals surface area contributed by atoms with Gasteiger partial charge in [-0.25, -0.2) is 4.79 Å². The Bertz CT molecular complexity index is 399. The second-order valence-corrected chi connectivity index (χ2v) is 4.95. The summed E-state index contributed by atoms with van der Waals surface area (Å²) in [4.78, 5) is 13.2. The van der Waals surface area contributed by atoms with Crippen LogP contribution in [0.1, 0.15) is 55.3 Å². The van der Waals surface area contributed by atoms with Gasteiger partial charge in [-0.2, -0.15) is 0 Å². The van der Waals surface area contributed by atoms with E-state index in [0.717, 1.165) is 25.3 Å². The third-order valence-corrected chi connectivity index (χ3v) is 3.70. The normalized spacial score (nSPS) is 21.7. The first kappa shape index (κ1) is 13.1. The average Bonchev–Trinajstić information content (AvgIpc) is 2.70. The molecule has 100 valence electrons. The van der Waals surface area contributed by atoms with Crippen LogP contribution >= 0.6 is 0 Å². The Labute approximate surface area is 108 Å². The number of hydrogen-bond donors (Lipinski definition) is 1. The number of carbonyl (C=O) groups is 1. The molecule has 4 heteroatoms. The van der Waals surface area contributed by atoms with Gasteiger partial charge in [-0.1, -0.05) is 19.8 Å². The molecule has 1 atom stereocenters. The Morgan fingerprint density at radius 1 is 1.44 bits per heavy atom. The van der Waals surface area contributed by atoms with Crippen molar-refractivity contribution in [3.05, 3.63) is 23.7 Å². The number of nitrogens with zero attached hydrogens (tertiary/aromatic N) is 1. The van der Waals surface area contributed by atoms with Crippen LogP contribution in [0.25, 0.3) is 0 Å². The van der Waals surface area contributed by atoms with Crippen molar-refractivity contribution < 1.29 is 14.3 Å². The fourth-order valence-electron chi connectivity index (χ4n) is 2.69. The number of hydrogen-bond acceptors (Lipinski definition) is 3. The van der Waals surface area contributed by atoms with E-state index in [9.17, 15) is 4.79 Å². The van der Waals surface area contributed by atoms with E-state index in [0.29, 0.717) is 6.04 Å². The number of rotatable bonds is 4. The minimum absolute atomic E-state index is 0.0351. The van der Waals surface area contributed by atoms with Crippen molar-refractivity contribution in [1.82, 2.24) is 4.90 Å². The summed E-state index contributed by atoms with van der Waals surface area (Å²) in [6.07, 6.45) is 6.21. The first-order chi connectivity index (χ1) is 8.70. The van der Waals surface area contributed by atoms with Gasteiger partial charge >= 0.3 is 5.97 Å². The van der Waals surface area contributed by atoms with E-state index in [1.807, 2.05) is 0 Å². The van der Waals surface area contributed by atoms with Gasteiger partial charge in [0.2, 0.25) is 5.76 Å². The molecular formula is C14H21NO3. The topological polar surface area (TPSA) is 53.7 Å². The van der Waals surface area contributed by atoms with Crippen LogP contribution < -0.4 is 0 Å². The van der Waals surface area contributed by atoms with Crippen molar-refractivity contribution in [2.75, 3.05) is 6.54 Å². The highest BCUT2D eigenvalue weighted by Crippen LogP contribution is 2.22. The van der Waals surface area contributed by atoms with Gasteiger partial charge in [0.1, 0.15) is 5.76 Å². The number of aromatic carboxylic acids is 1. The molecule has 18 heavy (non-hydrogen) atoms. The van der Waals surface area contributed by atoms with Gasteiger partial charge < -0.3 is 9.52 Å². The predicted octanol–water partition coefficient (Wildman–Crippen LogP) is 3.13. The van der Waals surface area contributed by atoms with Gasteiger partial charge in [-0.3, -0.25) is 4.90 Å². The summed E-state index contributed by atoms with van der Waals surface area (Å²) in [5.41, 5.74) is 0. The van der Waals surface area contributed by atoms with Crippen LogP contribution in [0.3, 0.4) is 0 Å². The zero-order valence-corrected chi connectivity index (χ0v) is 10.9. The van der Waals surface area contributed by atoms with E-state index in [4.69, 9.17) is 9.52 Å². The Balaban J connectivity index is 2.02. The predicted molar refractivity (Wildman–Crippen MR) is 68.6 cm³/mol. The molecule has 0 bridgehead atoms. The van der Waals surface area contributed by atoms with Crippen LogP contribution in [0, 0.1) is 0 Å². The minimum atomic E-state index is -0.996. The minimum Gasteiger partial charge on any atom is -0.475 e. The summed E-state index contributed by atoms with van der Waals surface area (Å²) >= 11 is 0. The third kappa shape index (κ3) is 3.13. The first-order valence-electron chi connectivity index (χ1n) is 6.76. The monoisotopic (exact) mass is 251 g/mol. The van der Waals surface area contributed by atoms with Crippen LogP contribution in [0.4, 0.5) is 0 Å². The lowest BCUT2D eigenvalue weighted by Crippen LogP contribution is -2.33. The smallest absolute Gasteiger partial charge is 0.371 e. The molecule has 0 spiro atoms. The van der Waals surface area contributed by atoms with E-state index < -0.39 is 5.97 Å². The van der Waals surface area contributed by atoms with Crippen molar-refractivity contribution in [1.29, 1.82) is 0 Å². The molecule has 1 N–H and O–H groups in total. The molecular weight excluding hydrogens is 230 g/mol. The van der Waals surface area contributed by atoms with E-state index >= 15 is 0 Å². The van der Waals surface area contributed by atoms with E-state index in [2.05, 4.69) is 11.8 Å². The average molecular weight is 251 g/mol. The summed E-state index contributed by atoms with van der Waals surface area (Å²) in [6.45, 7) is 4.03. The molecule has 0 aliphatic carbocycles. The van der Waals surface area contributed by atoms with E-state index in [1.165, 1.54) is 31.7 Å². The van der Waals surface area contributed by atoms with Crippen LogP contribution in [-0.2, 0) is 6.54 Å². The Morgan fingerprint density at radius 3 is 2.94 bits per heavy atom. The standard InChI is InChI=1S/C14H21NO3/c1-2-11-6-4-3-5-9-15(11)10-12-7-8-13(18-12)14(16)17/h7-8,11H,2-6,9-10H2,1H3,(H,16,17). The molecule has 1 saturated heterocycles. The fraction of sp³-hybridized carbons (Fsp3) is 0.643. The van der Waals surface area contributed by atoms with Gasteiger partial charge in [0.25, 0.3) is 0 Å². The molecule has 1 aromatic rings. The summed E-state index contributed by atoms with van der Waals surface area (Å²) < 4.78 is 5.34. The molecule has 2 rings (SSSR count). The second-order valence-electron chi connectivity index (χ2n) is 4.95. The molecule has 0 aromatic carbocycles. The summed E-state index contributed by atoms with van der Waals surface area (Å²) in [5.74, 6) is -0.204. The molecule has 0 radical (unpaired) electrons. The molecule has 4 nitrogen and oxygen atoms in total.